The van der Waals surface area contributed by atoms with Gasteiger partial charge in [0.1, 0.15) is 23.4 Å². The number of hydrogen-bond donors (Lipinski definition) is 3. The molecule has 1 unspecified atom stereocenters. The van der Waals surface area contributed by atoms with Gasteiger partial charge in [-0.05, 0) is 36.7 Å². The van der Waals surface area contributed by atoms with Crippen LogP contribution in [0.3, 0.4) is 0 Å². The first kappa shape index (κ1) is 18.8. The normalized spacial score (nSPS) is 34.9. The Balaban J connectivity index is 1.23. The molecule has 1 aromatic rings. The van der Waals surface area contributed by atoms with Crippen molar-refractivity contribution in [2.24, 2.45) is 17.8 Å². The van der Waals surface area contributed by atoms with Gasteiger partial charge in [0.25, 0.3) is 11.8 Å². The zero-order chi connectivity index (χ0) is 21.6. The van der Waals surface area contributed by atoms with E-state index in [1.54, 1.807) is 4.90 Å². The third kappa shape index (κ3) is 2.59. The van der Waals surface area contributed by atoms with E-state index in [-0.39, 0.29) is 41.4 Å². The SMILES string of the molecule is O=C(NCc1ccc(F)cc1F)C1=CN2C[C@@H]3[C@@H]4C[C@@H]([C@H]5C[C@@H]45)N3C(=O)C2=C(O)C1O. The van der Waals surface area contributed by atoms with E-state index in [1.807, 2.05) is 4.90 Å². The molecule has 3 N–H and O–H groups in total. The molecule has 31 heavy (non-hydrogen) atoms. The number of halogens is 2. The van der Waals surface area contributed by atoms with Gasteiger partial charge in [0, 0.05) is 37.0 Å². The highest BCUT2D eigenvalue weighted by molar-refractivity contribution is 5.99. The molecule has 9 heteroatoms. The number of carbonyl (C=O) groups excluding carboxylic acids is 2. The van der Waals surface area contributed by atoms with Gasteiger partial charge in [-0.2, -0.15) is 0 Å². The Morgan fingerprint density at radius 1 is 1.16 bits per heavy atom. The summed E-state index contributed by atoms with van der Waals surface area (Å²) >= 11 is 0. The lowest BCUT2D eigenvalue weighted by Crippen LogP contribution is -2.58. The Morgan fingerprint density at radius 2 is 1.94 bits per heavy atom. The van der Waals surface area contributed by atoms with Gasteiger partial charge < -0.3 is 25.3 Å². The molecule has 6 rings (SSSR count). The molecule has 2 saturated heterocycles. The highest BCUT2D eigenvalue weighted by Crippen LogP contribution is 2.64. The van der Waals surface area contributed by atoms with Crippen molar-refractivity contribution in [2.45, 2.75) is 37.6 Å². The van der Waals surface area contributed by atoms with Crippen LogP contribution in [0.15, 0.2) is 41.4 Å². The number of aliphatic hydroxyl groups is 2. The van der Waals surface area contributed by atoms with Crippen LogP contribution < -0.4 is 5.32 Å². The number of hydrogen-bond acceptors (Lipinski definition) is 5. The zero-order valence-electron chi connectivity index (χ0n) is 16.5. The first-order valence-electron chi connectivity index (χ1n) is 10.5. The van der Waals surface area contributed by atoms with E-state index in [0.29, 0.717) is 24.3 Å². The summed E-state index contributed by atoms with van der Waals surface area (Å²) in [5.41, 5.74) is -0.0158. The van der Waals surface area contributed by atoms with Crippen LogP contribution in [0, 0.1) is 29.4 Å². The van der Waals surface area contributed by atoms with Gasteiger partial charge in [0.2, 0.25) is 0 Å². The minimum Gasteiger partial charge on any atom is -0.507 e. The maximum absolute atomic E-state index is 13.8. The summed E-state index contributed by atoms with van der Waals surface area (Å²) in [6.45, 7) is 0.250. The lowest BCUT2D eigenvalue weighted by Gasteiger charge is -2.45. The molecule has 3 aliphatic heterocycles. The van der Waals surface area contributed by atoms with E-state index in [1.165, 1.54) is 12.3 Å². The number of nitrogens with zero attached hydrogens (tertiary/aromatic N) is 2. The molecule has 2 saturated carbocycles. The molecule has 6 atom stereocenters. The molecule has 2 aliphatic carbocycles. The fourth-order valence-corrected chi connectivity index (χ4v) is 6.09. The Morgan fingerprint density at radius 3 is 2.71 bits per heavy atom. The number of rotatable bonds is 3. The quantitative estimate of drug-likeness (QED) is 0.671. The van der Waals surface area contributed by atoms with Crippen molar-refractivity contribution in [1.29, 1.82) is 0 Å². The summed E-state index contributed by atoms with van der Waals surface area (Å²) < 4.78 is 26.9. The Kier molecular flexibility index (Phi) is 3.81. The second-order valence-electron chi connectivity index (χ2n) is 9.10. The summed E-state index contributed by atoms with van der Waals surface area (Å²) in [5, 5.41) is 23.6. The predicted octanol–water partition coefficient (Wildman–Crippen LogP) is 1.16. The average Bonchev–Trinajstić information content (AvgIpc) is 3.34. The van der Waals surface area contributed by atoms with Crippen LogP contribution in [0.4, 0.5) is 8.78 Å². The van der Waals surface area contributed by atoms with Crippen molar-refractivity contribution in [3.05, 3.63) is 58.6 Å². The monoisotopic (exact) mass is 429 g/mol. The molecular formula is C22H21F2N3O4. The van der Waals surface area contributed by atoms with Crippen LogP contribution in [0.5, 0.6) is 0 Å². The molecular weight excluding hydrogens is 408 g/mol. The third-order valence-electron chi connectivity index (χ3n) is 7.57. The number of aliphatic hydroxyl groups excluding tert-OH is 2. The summed E-state index contributed by atoms with van der Waals surface area (Å²) in [5.74, 6) is -1.37. The number of fused-ring (bicyclic) bond motifs is 9. The topological polar surface area (TPSA) is 93.1 Å². The Bertz CT molecular complexity index is 1090. The number of benzene rings is 1. The van der Waals surface area contributed by atoms with E-state index in [4.69, 9.17) is 0 Å². The average molecular weight is 429 g/mol. The summed E-state index contributed by atoms with van der Waals surface area (Å²) in [4.78, 5) is 29.3. The summed E-state index contributed by atoms with van der Waals surface area (Å²) in [6.07, 6.45) is 1.88. The van der Waals surface area contributed by atoms with Crippen LogP contribution in [-0.4, -0.2) is 56.6 Å². The molecule has 0 aromatic heterocycles. The Hall–Kier alpha value is -2.94. The van der Waals surface area contributed by atoms with Crippen LogP contribution in [-0.2, 0) is 16.1 Å². The first-order valence-corrected chi connectivity index (χ1v) is 10.5. The first-order chi connectivity index (χ1) is 14.8. The van der Waals surface area contributed by atoms with Crippen molar-refractivity contribution >= 4 is 11.8 Å². The maximum atomic E-state index is 13.8. The van der Waals surface area contributed by atoms with Crippen LogP contribution in [0.2, 0.25) is 0 Å². The maximum Gasteiger partial charge on any atom is 0.274 e. The van der Waals surface area contributed by atoms with E-state index >= 15 is 0 Å². The van der Waals surface area contributed by atoms with Gasteiger partial charge in [-0.1, -0.05) is 6.07 Å². The second kappa shape index (κ2) is 6.29. The molecule has 0 spiro atoms. The number of nitrogens with one attached hydrogen (secondary N) is 1. The van der Waals surface area contributed by atoms with Gasteiger partial charge in [-0.3, -0.25) is 9.59 Å². The van der Waals surface area contributed by atoms with Crippen molar-refractivity contribution in [3.8, 4) is 0 Å². The van der Waals surface area contributed by atoms with E-state index in [0.717, 1.165) is 25.0 Å². The van der Waals surface area contributed by atoms with E-state index < -0.39 is 29.4 Å². The van der Waals surface area contributed by atoms with Crippen molar-refractivity contribution in [3.63, 3.8) is 0 Å². The largest absolute Gasteiger partial charge is 0.507 e. The third-order valence-corrected chi connectivity index (χ3v) is 7.57. The smallest absolute Gasteiger partial charge is 0.274 e. The second-order valence-corrected chi connectivity index (χ2v) is 9.10. The minimum atomic E-state index is -1.65. The molecule has 3 heterocycles. The Labute approximate surface area is 176 Å². The molecule has 0 radical (unpaired) electrons. The lowest BCUT2D eigenvalue weighted by atomic mass is 9.92. The fourth-order valence-electron chi connectivity index (χ4n) is 6.09. The molecule has 1 aromatic carbocycles. The highest BCUT2D eigenvalue weighted by Gasteiger charge is 2.67. The van der Waals surface area contributed by atoms with Gasteiger partial charge >= 0.3 is 0 Å². The van der Waals surface area contributed by atoms with E-state index in [9.17, 15) is 28.6 Å². The lowest BCUT2D eigenvalue weighted by molar-refractivity contribution is -0.137. The molecule has 162 valence electrons. The summed E-state index contributed by atoms with van der Waals surface area (Å²) in [6, 6.07) is 3.30. The van der Waals surface area contributed by atoms with E-state index in [2.05, 4.69) is 5.32 Å². The minimum absolute atomic E-state index is 0.0228. The number of piperidine rings is 1. The van der Waals surface area contributed by atoms with Crippen molar-refractivity contribution in [1.82, 2.24) is 15.1 Å². The summed E-state index contributed by atoms with van der Waals surface area (Å²) in [7, 11) is 0. The molecule has 2 bridgehead atoms. The van der Waals surface area contributed by atoms with Gasteiger partial charge in [0.15, 0.2) is 5.76 Å². The fraction of sp³-hybridized carbons (Fsp3) is 0.455. The molecule has 4 fully saturated rings. The zero-order valence-corrected chi connectivity index (χ0v) is 16.5. The predicted molar refractivity (Wildman–Crippen MR) is 103 cm³/mol. The van der Waals surface area contributed by atoms with Crippen molar-refractivity contribution in [2.75, 3.05) is 6.54 Å². The molecule has 2 amide bonds. The highest BCUT2D eigenvalue weighted by atomic mass is 19.1. The van der Waals surface area contributed by atoms with Gasteiger partial charge in [0.05, 0.1) is 11.6 Å². The van der Waals surface area contributed by atoms with Crippen LogP contribution >= 0.6 is 0 Å². The van der Waals surface area contributed by atoms with Crippen LogP contribution in [0.1, 0.15) is 18.4 Å². The van der Waals surface area contributed by atoms with Crippen molar-refractivity contribution < 1.29 is 28.6 Å². The standard InChI is InChI=1S/C22H21F2N3O4/c23-10-2-1-9(15(24)3-10)6-25-21(30)14-7-26-8-17-13-5-16(12-4-11(12)13)27(17)22(31)18(26)20(29)19(14)28/h1-3,7,11-13,16-17,19,28-29H,4-6,8H2,(H,25,30)/t11-,12+,13-,16+,17-,19?/m1/s1. The number of amides is 2. The van der Waals surface area contributed by atoms with Crippen LogP contribution in [0.25, 0.3) is 0 Å². The number of carbonyl (C=O) groups is 2. The number of piperazine rings is 1. The van der Waals surface area contributed by atoms with Gasteiger partial charge in [-0.15, -0.1) is 0 Å². The molecule has 7 nitrogen and oxygen atoms in total. The van der Waals surface area contributed by atoms with Gasteiger partial charge in [-0.25, -0.2) is 8.78 Å². The molecule has 5 aliphatic rings.